The van der Waals surface area contributed by atoms with E-state index in [4.69, 9.17) is 0 Å². The monoisotopic (exact) mass is 1320 g/mol. The zero-order valence-corrected chi connectivity index (χ0v) is 64.3. The third-order valence-electron chi connectivity index (χ3n) is 21.2. The molecule has 0 unspecified atom stereocenters. The minimum absolute atomic E-state index is 0. The summed E-state index contributed by atoms with van der Waals surface area (Å²) in [6, 6.07) is 53.3. The van der Waals surface area contributed by atoms with Gasteiger partial charge in [-0.2, -0.15) is 0 Å². The van der Waals surface area contributed by atoms with Gasteiger partial charge in [0.15, 0.2) is 0 Å². The second kappa shape index (κ2) is 29.1. The molecule has 0 fully saturated rings. The van der Waals surface area contributed by atoms with Crippen LogP contribution in [0.5, 0.6) is 0 Å². The standard InChI is InChI=1S/C87H99Si.3ClH.Ti/c1-50-23-56(7)81(57(8)24-50)44-72-35-73(45-82-58(9)25-51(2)26-59(82)10)39-78(38-72)88(87-70(21)68(19)69(20)71(87)22,79-40-74(46-83-60(11)27-52(3)28-61(83)12)36-75(41-79)47-84-62(13)29-53(4)30-63(84)14)80-42-76(48-85-64(15)31-54(5)32-65(85)16)37-77(43-80)49-86-66(17)33-55(6)34-67(86)18;;;;/h23-43H,44-49H2,1-22H3;3*1H;/q;;;;+3/p-3. The van der Waals surface area contributed by atoms with Crippen LogP contribution >= 0.6 is 0 Å². The normalized spacial score (nSPS) is 13.0. The van der Waals surface area contributed by atoms with E-state index in [0.717, 1.165) is 38.5 Å². The van der Waals surface area contributed by atoms with Crippen LogP contribution in [0.15, 0.2) is 150 Å². The maximum atomic E-state index is 2.77. The van der Waals surface area contributed by atoms with Gasteiger partial charge >= 0.3 is 555 Å². The van der Waals surface area contributed by atoms with E-state index in [2.05, 4.69) is 300 Å². The SMILES string of the molecule is CC1=C(C)[C]([Ti+3])([Si](c2cc(Cc3c(C)cc(C)cc3C)cc(Cc3c(C)cc(C)cc3C)c2)(c2cc(Cc3c(C)cc(C)cc3C)cc(Cc3c(C)cc(C)cc3C)c2)c2cc(Cc3c(C)cc(C)cc3C)cc(Cc3c(C)cc(C)cc3C)c2)C(C)=C1C.[Cl-].[Cl-].[Cl-]. The molecule has 0 saturated carbocycles. The Balaban J connectivity index is 0.00000400. The van der Waals surface area contributed by atoms with E-state index in [0.29, 0.717) is 0 Å². The summed E-state index contributed by atoms with van der Waals surface area (Å²) in [5.41, 5.74) is 47.3. The summed E-state index contributed by atoms with van der Waals surface area (Å²) >= 11 is 2.72. The summed E-state index contributed by atoms with van der Waals surface area (Å²) in [5.74, 6) is 0. The van der Waals surface area contributed by atoms with Crippen molar-refractivity contribution in [2.45, 2.75) is 194 Å². The van der Waals surface area contributed by atoms with Crippen molar-refractivity contribution < 1.29 is 57.7 Å². The molecule has 0 saturated heterocycles. The Hall–Kier alpha value is -5.74. The predicted octanol–water partition coefficient (Wildman–Crippen LogP) is 11.2. The molecule has 10 rings (SSSR count). The molecule has 1 aliphatic carbocycles. The number of hydrogen-bond donors (Lipinski definition) is 0. The molecule has 0 bridgehead atoms. The molecule has 0 aliphatic heterocycles. The van der Waals surface area contributed by atoms with Crippen molar-refractivity contribution >= 4 is 23.6 Å². The second-order valence-electron chi connectivity index (χ2n) is 28.4. The second-order valence-corrected chi connectivity index (χ2v) is 34.4. The van der Waals surface area contributed by atoms with Crippen LogP contribution < -0.4 is 52.8 Å². The molecule has 92 heavy (non-hydrogen) atoms. The number of allylic oxidation sites excluding steroid dienone is 4. The summed E-state index contributed by atoms with van der Waals surface area (Å²) < 4.78 is -0.398. The third kappa shape index (κ3) is 14.4. The number of aryl methyl sites for hydroxylation is 18. The molecule has 1 aliphatic rings. The molecule has 0 aromatic heterocycles. The molecule has 9 aromatic carbocycles. The Labute approximate surface area is 587 Å². The predicted molar refractivity (Wildman–Crippen MR) is 384 cm³/mol. The molecule has 0 N–H and O–H groups in total. The first-order chi connectivity index (χ1) is 41.9. The van der Waals surface area contributed by atoms with Crippen LogP contribution in [0.4, 0.5) is 0 Å². The first kappa shape index (κ1) is 73.7. The van der Waals surface area contributed by atoms with Gasteiger partial charge in [-0.3, -0.25) is 0 Å². The largest absolute Gasteiger partial charge is 1.00 e. The van der Waals surface area contributed by atoms with E-state index in [9.17, 15) is 0 Å². The third-order valence-corrected chi connectivity index (χ3v) is 29.4. The van der Waals surface area contributed by atoms with E-state index in [-0.39, 0.29) is 37.2 Å². The van der Waals surface area contributed by atoms with Gasteiger partial charge in [0.05, 0.1) is 0 Å². The van der Waals surface area contributed by atoms with Gasteiger partial charge in [-0.25, -0.2) is 0 Å². The van der Waals surface area contributed by atoms with Crippen LogP contribution in [-0.4, -0.2) is 8.07 Å². The van der Waals surface area contributed by atoms with E-state index in [1.807, 2.05) is 0 Å². The smallest absolute Gasteiger partial charge is 1.00 e. The molecule has 0 spiro atoms. The number of rotatable bonds is 16. The Bertz CT molecular complexity index is 3610. The van der Waals surface area contributed by atoms with E-state index in [1.165, 1.54) is 205 Å². The molecular formula is C87H99Cl3SiTi. The molecule has 0 atom stereocenters. The average molecular weight is 1330 g/mol. The summed E-state index contributed by atoms with van der Waals surface area (Å²) in [6.45, 7) is 51.6. The van der Waals surface area contributed by atoms with Crippen molar-refractivity contribution in [2.75, 3.05) is 0 Å². The molecular weight excluding hydrogens is 1230 g/mol. The van der Waals surface area contributed by atoms with Gasteiger partial charge in [-0.1, -0.05) is 0 Å². The molecule has 0 amide bonds. The Morgan fingerprint density at radius 3 is 0.511 bits per heavy atom. The van der Waals surface area contributed by atoms with Crippen LogP contribution in [0.1, 0.15) is 195 Å². The van der Waals surface area contributed by atoms with Gasteiger partial charge in [0, 0.05) is 0 Å². The number of benzene rings is 9. The van der Waals surface area contributed by atoms with Crippen molar-refractivity contribution in [2.24, 2.45) is 0 Å². The Kier molecular flexibility index (Phi) is 23.3. The summed E-state index contributed by atoms with van der Waals surface area (Å²) in [7, 11) is -3.55. The molecule has 476 valence electrons. The fraction of sp³-hybridized carbons (Fsp3) is 0.333. The maximum Gasteiger partial charge on any atom is -1.00 e. The van der Waals surface area contributed by atoms with Gasteiger partial charge in [0.25, 0.3) is 0 Å². The molecule has 9 aromatic rings. The maximum absolute atomic E-state index is 3.55. The summed E-state index contributed by atoms with van der Waals surface area (Å²) in [4.78, 5) is 0. The van der Waals surface area contributed by atoms with Crippen LogP contribution in [0.25, 0.3) is 0 Å². The Morgan fingerprint density at radius 2 is 0.370 bits per heavy atom. The van der Waals surface area contributed by atoms with Crippen molar-refractivity contribution in [3.63, 3.8) is 0 Å². The van der Waals surface area contributed by atoms with Crippen molar-refractivity contribution in [1.29, 1.82) is 0 Å². The van der Waals surface area contributed by atoms with Crippen molar-refractivity contribution in [3.8, 4) is 0 Å². The van der Waals surface area contributed by atoms with E-state index >= 15 is 0 Å². The van der Waals surface area contributed by atoms with Gasteiger partial charge in [0.1, 0.15) is 0 Å². The van der Waals surface area contributed by atoms with E-state index in [1.54, 1.807) is 0 Å². The average Bonchev–Trinajstić information content (AvgIpc) is 1.32. The summed E-state index contributed by atoms with van der Waals surface area (Å²) in [5, 5.41) is 4.50. The Morgan fingerprint density at radius 1 is 0.228 bits per heavy atom. The fourth-order valence-corrected chi connectivity index (χ4v) is 25.6. The summed E-state index contributed by atoms with van der Waals surface area (Å²) in [6.07, 6.45) is 5.17. The van der Waals surface area contributed by atoms with E-state index < -0.39 is 11.4 Å². The first-order valence-electron chi connectivity index (χ1n) is 32.9. The fourth-order valence-electron chi connectivity index (χ4n) is 16.8. The minimum atomic E-state index is -3.55. The van der Waals surface area contributed by atoms with Crippen molar-refractivity contribution in [1.82, 2.24) is 0 Å². The molecule has 0 heterocycles. The first-order valence-corrected chi connectivity index (χ1v) is 35.6. The zero-order valence-electron chi connectivity index (χ0n) is 59.5. The van der Waals surface area contributed by atoms with Crippen LogP contribution in [0, 0.1) is 125 Å². The number of hydrogen-bond acceptors (Lipinski definition) is 0. The van der Waals surface area contributed by atoms with Crippen molar-refractivity contribution in [3.05, 3.63) is 317 Å². The molecule has 0 radical (unpaired) electrons. The van der Waals surface area contributed by atoms with Gasteiger partial charge < -0.3 is 37.2 Å². The quantitative estimate of drug-likeness (QED) is 0.0668. The van der Waals surface area contributed by atoms with Crippen LogP contribution in [0.2, 0.25) is 3.34 Å². The molecule has 5 heteroatoms. The molecule has 0 nitrogen and oxygen atoms in total. The zero-order chi connectivity index (χ0) is 64.5. The van der Waals surface area contributed by atoms with Gasteiger partial charge in [-0.05, 0) is 0 Å². The van der Waals surface area contributed by atoms with Gasteiger partial charge in [-0.15, -0.1) is 0 Å². The topological polar surface area (TPSA) is 0 Å². The number of halogens is 3. The minimum Gasteiger partial charge on any atom is -1.00 e. The van der Waals surface area contributed by atoms with Crippen LogP contribution in [-0.2, 0) is 59.0 Å². The van der Waals surface area contributed by atoms with Crippen LogP contribution in [0.3, 0.4) is 0 Å². The van der Waals surface area contributed by atoms with Gasteiger partial charge in [0.2, 0.25) is 0 Å².